The summed E-state index contributed by atoms with van der Waals surface area (Å²) in [5, 5.41) is 11.9. The molecule has 116 valence electrons. The molecule has 3 rings (SSSR count). The minimum atomic E-state index is -1.05. The summed E-state index contributed by atoms with van der Waals surface area (Å²) in [5.74, 6) is -1.28. The molecular weight excluding hydrogens is 306 g/mol. The number of aryl methyl sites for hydroxylation is 1. The Hall–Kier alpha value is -2.19. The van der Waals surface area contributed by atoms with Gasteiger partial charge in [0.1, 0.15) is 5.69 Å². The van der Waals surface area contributed by atoms with E-state index in [1.165, 1.54) is 4.90 Å². The van der Waals surface area contributed by atoms with Gasteiger partial charge in [-0.15, -0.1) is 11.3 Å². The number of carboxylic acids is 1. The summed E-state index contributed by atoms with van der Waals surface area (Å²) in [6.07, 6.45) is 0.768. The fourth-order valence-electron chi connectivity index (χ4n) is 2.32. The molecule has 1 aliphatic rings. The van der Waals surface area contributed by atoms with Gasteiger partial charge in [-0.3, -0.25) is 4.79 Å². The Labute approximate surface area is 130 Å². The molecule has 1 atom stereocenters. The molecule has 1 amide bonds. The first-order valence-corrected chi connectivity index (χ1v) is 7.67. The molecule has 1 saturated heterocycles. The van der Waals surface area contributed by atoms with Gasteiger partial charge in [0.25, 0.3) is 5.91 Å². The van der Waals surface area contributed by atoms with Crippen LogP contribution in [0.3, 0.4) is 0 Å². The van der Waals surface area contributed by atoms with Crippen LogP contribution in [0.1, 0.15) is 15.5 Å². The number of thiazole rings is 1. The van der Waals surface area contributed by atoms with Crippen molar-refractivity contribution in [3.8, 4) is 11.3 Å². The molecule has 22 heavy (non-hydrogen) atoms. The average Bonchev–Trinajstić information content (AvgIpc) is 3.15. The summed E-state index contributed by atoms with van der Waals surface area (Å²) in [6, 6.07) is 1.74. The average molecular weight is 321 g/mol. The van der Waals surface area contributed by atoms with E-state index >= 15 is 0 Å². The second-order valence-corrected chi connectivity index (χ2v) is 6.06. The van der Waals surface area contributed by atoms with Gasteiger partial charge in [-0.25, -0.2) is 9.78 Å². The van der Waals surface area contributed by atoms with Crippen molar-refractivity contribution in [2.45, 2.75) is 13.0 Å². The number of H-pyrrole nitrogens is 1. The van der Waals surface area contributed by atoms with Gasteiger partial charge in [0.2, 0.25) is 0 Å². The number of amides is 1. The maximum absolute atomic E-state index is 12.4. The van der Waals surface area contributed by atoms with Crippen LogP contribution in [0.25, 0.3) is 11.3 Å². The molecular formula is C14H15N3O4S. The highest BCUT2D eigenvalue weighted by atomic mass is 32.1. The Morgan fingerprint density at radius 1 is 1.55 bits per heavy atom. The summed E-state index contributed by atoms with van der Waals surface area (Å²) in [4.78, 5) is 32.2. The molecule has 2 aromatic rings. The van der Waals surface area contributed by atoms with E-state index in [-0.39, 0.29) is 19.1 Å². The van der Waals surface area contributed by atoms with Crippen LogP contribution >= 0.6 is 11.3 Å². The second-order valence-electron chi connectivity index (χ2n) is 5.00. The van der Waals surface area contributed by atoms with E-state index in [0.717, 1.165) is 16.3 Å². The van der Waals surface area contributed by atoms with Gasteiger partial charge in [0.05, 0.1) is 23.9 Å². The van der Waals surface area contributed by atoms with Crippen LogP contribution in [0.15, 0.2) is 17.6 Å². The minimum Gasteiger partial charge on any atom is -0.479 e. The molecule has 0 spiro atoms. The van der Waals surface area contributed by atoms with Gasteiger partial charge >= 0.3 is 5.97 Å². The molecule has 1 fully saturated rings. The van der Waals surface area contributed by atoms with Crippen molar-refractivity contribution in [2.75, 3.05) is 19.7 Å². The molecule has 0 bridgehead atoms. The van der Waals surface area contributed by atoms with Crippen LogP contribution < -0.4 is 0 Å². The van der Waals surface area contributed by atoms with Crippen molar-refractivity contribution in [3.05, 3.63) is 28.3 Å². The predicted molar refractivity (Wildman–Crippen MR) is 79.9 cm³/mol. The molecule has 1 unspecified atom stereocenters. The first kappa shape index (κ1) is 14.7. The Morgan fingerprint density at radius 2 is 2.36 bits per heavy atom. The first-order chi connectivity index (χ1) is 10.5. The van der Waals surface area contributed by atoms with E-state index in [2.05, 4.69) is 9.97 Å². The van der Waals surface area contributed by atoms with Crippen LogP contribution in [0.2, 0.25) is 0 Å². The monoisotopic (exact) mass is 321 g/mol. The van der Waals surface area contributed by atoms with Crippen LogP contribution in [0.5, 0.6) is 0 Å². The Kier molecular flexibility index (Phi) is 3.95. The van der Waals surface area contributed by atoms with Gasteiger partial charge in [-0.05, 0) is 13.0 Å². The Bertz CT molecular complexity index is 709. The van der Waals surface area contributed by atoms with E-state index in [0.29, 0.717) is 12.2 Å². The predicted octanol–water partition coefficient (Wildman–Crippen LogP) is 1.37. The van der Waals surface area contributed by atoms with E-state index in [1.807, 2.05) is 12.3 Å². The quantitative estimate of drug-likeness (QED) is 0.890. The summed E-state index contributed by atoms with van der Waals surface area (Å²) in [7, 11) is 0. The van der Waals surface area contributed by atoms with E-state index in [1.54, 1.807) is 23.6 Å². The third-order valence-electron chi connectivity index (χ3n) is 3.46. The zero-order valence-electron chi connectivity index (χ0n) is 11.9. The van der Waals surface area contributed by atoms with Crippen LogP contribution in [0.4, 0.5) is 0 Å². The number of morpholine rings is 1. The number of carbonyl (C=O) groups is 2. The van der Waals surface area contributed by atoms with Gasteiger partial charge in [-0.1, -0.05) is 0 Å². The molecule has 1 aliphatic heterocycles. The highest BCUT2D eigenvalue weighted by Gasteiger charge is 2.30. The summed E-state index contributed by atoms with van der Waals surface area (Å²) < 4.78 is 5.12. The fourth-order valence-corrected chi connectivity index (χ4v) is 2.94. The highest BCUT2D eigenvalue weighted by molar-refractivity contribution is 7.09. The lowest BCUT2D eigenvalue weighted by Gasteiger charge is -2.30. The minimum absolute atomic E-state index is 0.0539. The van der Waals surface area contributed by atoms with Crippen molar-refractivity contribution in [2.24, 2.45) is 0 Å². The number of hydrogen-bond acceptors (Lipinski definition) is 5. The van der Waals surface area contributed by atoms with Crippen LogP contribution in [-0.2, 0) is 9.53 Å². The third kappa shape index (κ3) is 2.88. The maximum Gasteiger partial charge on any atom is 0.334 e. The smallest absolute Gasteiger partial charge is 0.334 e. The highest BCUT2D eigenvalue weighted by Crippen LogP contribution is 2.23. The molecule has 0 aromatic carbocycles. The van der Waals surface area contributed by atoms with Gasteiger partial charge in [0, 0.05) is 23.7 Å². The maximum atomic E-state index is 12.4. The molecule has 0 aliphatic carbocycles. The molecule has 0 radical (unpaired) electrons. The molecule has 2 N–H and O–H groups in total. The second kappa shape index (κ2) is 5.90. The number of aromatic nitrogens is 2. The third-order valence-corrected chi connectivity index (χ3v) is 4.23. The standard InChI is InChI=1S/C14H15N3O4S/c1-8-16-11(7-22-8)9-4-10(15-5-9)13(18)17-2-3-21-12(6-17)14(19)20/h4-5,7,12,15H,2-3,6H2,1H3,(H,19,20). The first-order valence-electron chi connectivity index (χ1n) is 6.79. The van der Waals surface area contributed by atoms with Crippen LogP contribution in [0, 0.1) is 6.92 Å². The number of carbonyl (C=O) groups excluding carboxylic acids is 1. The number of aromatic amines is 1. The van der Waals surface area contributed by atoms with Gasteiger partial charge in [0.15, 0.2) is 6.10 Å². The summed E-state index contributed by atoms with van der Waals surface area (Å²) in [5.41, 5.74) is 2.09. The number of nitrogens with one attached hydrogen (secondary N) is 1. The zero-order valence-corrected chi connectivity index (χ0v) is 12.7. The SMILES string of the molecule is Cc1nc(-c2c[nH]c(C(=O)N3CCOC(C(=O)O)C3)c2)cs1. The largest absolute Gasteiger partial charge is 0.479 e. The number of hydrogen-bond donors (Lipinski definition) is 2. The molecule has 3 heterocycles. The lowest BCUT2D eigenvalue weighted by molar-refractivity contribution is -0.154. The van der Waals surface area contributed by atoms with Gasteiger partial charge < -0.3 is 19.7 Å². The number of aliphatic carboxylic acids is 1. The van der Waals surface area contributed by atoms with E-state index in [4.69, 9.17) is 9.84 Å². The molecule has 7 nitrogen and oxygen atoms in total. The van der Waals surface area contributed by atoms with Crippen molar-refractivity contribution >= 4 is 23.2 Å². The molecule has 2 aromatic heterocycles. The number of ether oxygens (including phenoxy) is 1. The van der Waals surface area contributed by atoms with Crippen molar-refractivity contribution in [3.63, 3.8) is 0 Å². The molecule has 0 saturated carbocycles. The van der Waals surface area contributed by atoms with Crippen molar-refractivity contribution < 1.29 is 19.4 Å². The molecule has 8 heteroatoms. The van der Waals surface area contributed by atoms with Gasteiger partial charge in [-0.2, -0.15) is 0 Å². The number of rotatable bonds is 3. The lowest BCUT2D eigenvalue weighted by atomic mass is 10.2. The number of carboxylic acid groups (broad SMARTS) is 1. The van der Waals surface area contributed by atoms with E-state index in [9.17, 15) is 9.59 Å². The normalized spacial score (nSPS) is 18.4. The van der Waals surface area contributed by atoms with E-state index < -0.39 is 12.1 Å². The van der Waals surface area contributed by atoms with Crippen molar-refractivity contribution in [1.29, 1.82) is 0 Å². The number of nitrogens with zero attached hydrogens (tertiary/aromatic N) is 2. The Balaban J connectivity index is 1.75. The summed E-state index contributed by atoms with van der Waals surface area (Å²) >= 11 is 1.55. The lowest BCUT2D eigenvalue weighted by Crippen LogP contribution is -2.48. The summed E-state index contributed by atoms with van der Waals surface area (Å²) in [6.45, 7) is 2.58. The Morgan fingerprint density at radius 3 is 3.05 bits per heavy atom. The van der Waals surface area contributed by atoms with Crippen molar-refractivity contribution in [1.82, 2.24) is 14.9 Å². The van der Waals surface area contributed by atoms with Crippen LogP contribution in [-0.4, -0.2) is 57.7 Å². The zero-order chi connectivity index (χ0) is 15.7. The topological polar surface area (TPSA) is 95.5 Å². The fraction of sp³-hybridized carbons (Fsp3) is 0.357.